The number of para-hydroxylation sites is 1. The highest BCUT2D eigenvalue weighted by Crippen LogP contribution is 2.65. The third-order valence-electron chi connectivity index (χ3n) is 10.3. The largest absolute Gasteiger partial charge is 0.504 e. The second kappa shape index (κ2) is 11.7. The number of unbranched alkanes of at least 4 members (excludes halogenated alkanes) is 2. The molecule has 2 N–H and O–H groups in total. The summed E-state index contributed by atoms with van der Waals surface area (Å²) in [6, 6.07) is 12.1. The van der Waals surface area contributed by atoms with Gasteiger partial charge >= 0.3 is 5.97 Å². The zero-order chi connectivity index (χ0) is 32.2. The number of benzene rings is 2. The summed E-state index contributed by atoms with van der Waals surface area (Å²) < 4.78 is 6.07. The Morgan fingerprint density at radius 2 is 1.76 bits per heavy atom. The van der Waals surface area contributed by atoms with Gasteiger partial charge in [0.2, 0.25) is 23.6 Å². The van der Waals surface area contributed by atoms with Crippen LogP contribution in [0.4, 0.5) is 5.69 Å². The molecular formula is C34H35BrN2O8. The lowest BCUT2D eigenvalue weighted by molar-refractivity contribution is -0.141. The molecule has 0 radical (unpaired) electrons. The molecule has 2 aliphatic heterocycles. The molecule has 6 atom stereocenters. The minimum Gasteiger partial charge on any atom is -0.504 e. The van der Waals surface area contributed by atoms with E-state index in [1.54, 1.807) is 49.4 Å². The van der Waals surface area contributed by atoms with Gasteiger partial charge in [-0.2, -0.15) is 0 Å². The van der Waals surface area contributed by atoms with Crippen molar-refractivity contribution in [2.45, 2.75) is 51.4 Å². The number of imide groups is 2. The number of nitrogens with zero attached hydrogens (tertiary/aromatic N) is 2. The fourth-order valence-corrected chi connectivity index (χ4v) is 8.62. The number of carboxylic acid groups (broad SMARTS) is 1. The number of likely N-dealkylation sites (tertiary alicyclic amines) is 1. The number of hydrogen-bond acceptors (Lipinski definition) is 7. The zero-order valence-corrected chi connectivity index (χ0v) is 26.7. The number of halogens is 1. The summed E-state index contributed by atoms with van der Waals surface area (Å²) in [7, 11) is 1.43. The van der Waals surface area contributed by atoms with Gasteiger partial charge in [0.1, 0.15) is 0 Å². The van der Waals surface area contributed by atoms with Gasteiger partial charge in [0.15, 0.2) is 11.5 Å². The van der Waals surface area contributed by atoms with Crippen LogP contribution in [-0.4, -0.2) is 58.4 Å². The van der Waals surface area contributed by atoms with E-state index in [1.807, 2.05) is 6.08 Å². The molecule has 0 spiro atoms. The molecule has 11 heteroatoms. The van der Waals surface area contributed by atoms with Gasteiger partial charge in [-0.3, -0.25) is 28.9 Å². The SMILES string of the molecule is COc1cc(Br)cc(C2C3=CCC4C(=O)N(CCCCCC(=O)O)C(=O)C4C3CC3C(=O)N(c4ccccc4)C(=O)C32C)c1O. The smallest absolute Gasteiger partial charge is 0.303 e. The molecule has 2 aromatic rings. The summed E-state index contributed by atoms with van der Waals surface area (Å²) >= 11 is 3.51. The number of carbonyl (C=O) groups excluding carboxylic acids is 4. The fraction of sp³-hybridized carbons (Fsp3) is 0.441. The average Bonchev–Trinajstić information content (AvgIpc) is 3.37. The molecule has 4 amide bonds. The molecule has 0 aromatic heterocycles. The Balaban J connectivity index is 1.42. The molecule has 2 aliphatic carbocycles. The van der Waals surface area contributed by atoms with E-state index in [1.165, 1.54) is 16.9 Å². The molecule has 2 aromatic carbocycles. The number of amides is 4. The van der Waals surface area contributed by atoms with Crippen LogP contribution in [0.5, 0.6) is 11.5 Å². The lowest BCUT2D eigenvalue weighted by Crippen LogP contribution is -2.49. The first-order chi connectivity index (χ1) is 21.5. The number of phenols is 1. The van der Waals surface area contributed by atoms with Crippen LogP contribution in [-0.2, 0) is 24.0 Å². The van der Waals surface area contributed by atoms with Gasteiger partial charge in [-0.1, -0.05) is 52.2 Å². The molecule has 3 fully saturated rings. The number of fused-ring (bicyclic) bond motifs is 4. The maximum absolute atomic E-state index is 14.5. The van der Waals surface area contributed by atoms with Gasteiger partial charge < -0.3 is 14.9 Å². The van der Waals surface area contributed by atoms with Crippen molar-refractivity contribution in [2.24, 2.45) is 29.1 Å². The Labute approximate surface area is 269 Å². The van der Waals surface area contributed by atoms with Gasteiger partial charge in [0, 0.05) is 28.9 Å². The number of carbonyl (C=O) groups is 5. The van der Waals surface area contributed by atoms with Crippen molar-refractivity contribution < 1.29 is 38.9 Å². The summed E-state index contributed by atoms with van der Waals surface area (Å²) in [5.41, 5.74) is 0.340. The van der Waals surface area contributed by atoms with Crippen LogP contribution in [0.25, 0.3) is 0 Å². The first-order valence-corrected chi connectivity index (χ1v) is 16.1. The number of carboxylic acids is 1. The van der Waals surface area contributed by atoms with E-state index in [9.17, 15) is 29.1 Å². The predicted octanol–water partition coefficient (Wildman–Crippen LogP) is 5.04. The average molecular weight is 680 g/mol. The summed E-state index contributed by atoms with van der Waals surface area (Å²) in [5, 5.41) is 20.4. The van der Waals surface area contributed by atoms with Crippen molar-refractivity contribution >= 4 is 51.2 Å². The number of phenolic OH excluding ortho intramolecular Hbond substituents is 1. The minimum absolute atomic E-state index is 0.0318. The number of anilines is 1. The number of hydrogen-bond donors (Lipinski definition) is 2. The van der Waals surface area contributed by atoms with Crippen molar-refractivity contribution in [3.63, 3.8) is 0 Å². The fourth-order valence-electron chi connectivity index (χ4n) is 8.16. The molecule has 1 saturated carbocycles. The van der Waals surface area contributed by atoms with Gasteiger partial charge in [-0.05, 0) is 62.8 Å². The Morgan fingerprint density at radius 3 is 2.44 bits per heavy atom. The van der Waals surface area contributed by atoms with Crippen LogP contribution in [0, 0.1) is 29.1 Å². The van der Waals surface area contributed by atoms with Gasteiger partial charge in [-0.15, -0.1) is 0 Å². The van der Waals surface area contributed by atoms with E-state index in [4.69, 9.17) is 9.84 Å². The van der Waals surface area contributed by atoms with E-state index in [0.29, 0.717) is 41.4 Å². The lowest BCUT2D eigenvalue weighted by atomic mass is 9.51. The second-order valence-electron chi connectivity index (χ2n) is 12.6. The number of ether oxygens (including phenoxy) is 1. The van der Waals surface area contributed by atoms with Crippen molar-refractivity contribution in [1.82, 2.24) is 4.90 Å². The molecule has 0 bridgehead atoms. The van der Waals surface area contributed by atoms with Crippen LogP contribution in [0.1, 0.15) is 56.9 Å². The Hall–Kier alpha value is -3.99. The van der Waals surface area contributed by atoms with E-state index >= 15 is 0 Å². The topological polar surface area (TPSA) is 142 Å². The molecule has 6 unspecified atom stereocenters. The standard InChI is InChI=1S/C34H35BrN2O8/c1-34-24(31(42)37(33(34)44)19-9-5-3-6-10-19)17-22-20(28(34)23-15-18(35)16-25(45-2)29(23)40)12-13-21-27(22)32(43)36(30(21)41)14-8-4-7-11-26(38)39/h3,5-6,9-10,12,15-16,21-22,24,27-28,40H,4,7-8,11,13-14,17H2,1-2H3,(H,38,39). The van der Waals surface area contributed by atoms with Crippen LogP contribution in [0.15, 0.2) is 58.6 Å². The highest BCUT2D eigenvalue weighted by Gasteiger charge is 2.68. The Bertz CT molecular complexity index is 1620. The first-order valence-electron chi connectivity index (χ1n) is 15.3. The molecule has 10 nitrogen and oxygen atoms in total. The van der Waals surface area contributed by atoms with Gasteiger partial charge in [0.05, 0.1) is 36.0 Å². The van der Waals surface area contributed by atoms with Crippen molar-refractivity contribution in [2.75, 3.05) is 18.6 Å². The maximum atomic E-state index is 14.5. The summed E-state index contributed by atoms with van der Waals surface area (Å²) in [4.78, 5) is 69.7. The highest BCUT2D eigenvalue weighted by molar-refractivity contribution is 9.10. The van der Waals surface area contributed by atoms with Crippen LogP contribution >= 0.6 is 15.9 Å². The van der Waals surface area contributed by atoms with Crippen molar-refractivity contribution in [3.8, 4) is 11.5 Å². The lowest BCUT2D eigenvalue weighted by Gasteiger charge is -2.49. The summed E-state index contributed by atoms with van der Waals surface area (Å²) in [6.45, 7) is 1.98. The van der Waals surface area contributed by atoms with Crippen molar-refractivity contribution in [1.29, 1.82) is 0 Å². The van der Waals surface area contributed by atoms with Crippen LogP contribution in [0.2, 0.25) is 0 Å². The van der Waals surface area contributed by atoms with E-state index in [2.05, 4.69) is 15.9 Å². The third kappa shape index (κ3) is 4.86. The monoisotopic (exact) mass is 678 g/mol. The second-order valence-corrected chi connectivity index (χ2v) is 13.5. The molecular weight excluding hydrogens is 644 g/mol. The number of allylic oxidation sites excluding steroid dienone is 2. The first kappa shape index (κ1) is 31.0. The molecule has 4 aliphatic rings. The number of aliphatic carboxylic acids is 1. The molecule has 2 saturated heterocycles. The predicted molar refractivity (Wildman–Crippen MR) is 166 cm³/mol. The summed E-state index contributed by atoms with van der Waals surface area (Å²) in [5.74, 6) is -5.50. The van der Waals surface area contributed by atoms with Gasteiger partial charge in [0.25, 0.3) is 0 Å². The minimum atomic E-state index is -1.29. The van der Waals surface area contributed by atoms with E-state index in [-0.39, 0.29) is 54.5 Å². The number of rotatable bonds is 9. The zero-order valence-electron chi connectivity index (χ0n) is 25.1. The van der Waals surface area contributed by atoms with Crippen molar-refractivity contribution in [3.05, 3.63) is 64.1 Å². The molecule has 236 valence electrons. The Morgan fingerprint density at radius 1 is 1.02 bits per heavy atom. The highest BCUT2D eigenvalue weighted by atomic mass is 79.9. The summed E-state index contributed by atoms with van der Waals surface area (Å²) in [6.07, 6.45) is 4.02. The third-order valence-corrected chi connectivity index (χ3v) is 10.7. The van der Waals surface area contributed by atoms with Gasteiger partial charge in [-0.25, -0.2) is 4.90 Å². The molecule has 2 heterocycles. The molecule has 6 rings (SSSR count). The quantitative estimate of drug-likeness (QED) is 0.214. The Kier molecular flexibility index (Phi) is 8.09. The van der Waals surface area contributed by atoms with E-state index in [0.717, 1.165) is 5.57 Å². The number of methoxy groups -OCH3 is 1. The normalized spacial score (nSPS) is 29.0. The maximum Gasteiger partial charge on any atom is 0.303 e. The van der Waals surface area contributed by atoms with E-state index < -0.39 is 41.0 Å². The van der Waals surface area contributed by atoms with Crippen LogP contribution < -0.4 is 9.64 Å². The molecule has 45 heavy (non-hydrogen) atoms. The number of aromatic hydroxyl groups is 1. The van der Waals surface area contributed by atoms with Crippen LogP contribution in [0.3, 0.4) is 0 Å².